The summed E-state index contributed by atoms with van der Waals surface area (Å²) in [5.74, 6) is 0. The number of rotatable bonds is 23. The van der Waals surface area contributed by atoms with Gasteiger partial charge in [0.2, 0.25) is 0 Å². The minimum Gasteiger partial charge on any atom is -0.387 e. The van der Waals surface area contributed by atoms with Gasteiger partial charge in [0.1, 0.15) is 36.6 Å². The molecule has 9 nitrogen and oxygen atoms in total. The highest BCUT2D eigenvalue weighted by molar-refractivity contribution is 5.57. The smallest absolute Gasteiger partial charge is 0.187 e. The summed E-state index contributed by atoms with van der Waals surface area (Å²) < 4.78 is 51.4. The Morgan fingerprint density at radius 2 is 1.13 bits per heavy atom. The lowest BCUT2D eigenvalue weighted by molar-refractivity contribution is -0.221. The zero-order valence-corrected chi connectivity index (χ0v) is 35.8. The number of benzene rings is 5. The predicted octanol–water partition coefficient (Wildman–Crippen LogP) is 9.28. The van der Waals surface area contributed by atoms with Crippen molar-refractivity contribution < 1.29 is 43.0 Å². The van der Waals surface area contributed by atoms with E-state index >= 15 is 0 Å². The normalized spacial score (nSPS) is 19.7. The lowest BCUT2D eigenvalue weighted by Crippen LogP contribution is -2.48. The largest absolute Gasteiger partial charge is 0.387 e. The number of hydrogen-bond acceptors (Lipinski definition) is 9. The van der Waals surface area contributed by atoms with E-state index in [9.17, 15) is 5.11 Å². The molecule has 9 heteroatoms. The molecule has 1 heterocycles. The highest BCUT2D eigenvalue weighted by Crippen LogP contribution is 2.28. The van der Waals surface area contributed by atoms with Crippen LogP contribution in [0.2, 0.25) is 0 Å². The Hall–Kier alpha value is -4.52. The Labute approximate surface area is 362 Å². The van der Waals surface area contributed by atoms with E-state index < -0.39 is 42.9 Å². The number of hydrogen-bond donors (Lipinski definition) is 1. The van der Waals surface area contributed by atoms with Gasteiger partial charge in [-0.2, -0.15) is 0 Å². The highest BCUT2D eigenvalue weighted by atomic mass is 16.7. The first kappa shape index (κ1) is 46.0. The predicted molar refractivity (Wildman–Crippen MR) is 237 cm³/mol. The Morgan fingerprint density at radius 1 is 0.607 bits per heavy atom. The van der Waals surface area contributed by atoms with Gasteiger partial charge in [-0.1, -0.05) is 166 Å². The average molecular weight is 831 g/mol. The standard InChI is InChI=1S/C50H56O9.C2H6/c1-52-49-47(51)44(34-53-29-37-16-6-2-7-17-37)59-50(49)58-36-46(56-32-39-20-10-4-11-21-39)48(57-33-40-22-12-5-13-23-40)45(55-31-38-18-8-3-9-19-38)35-54-30-41-26-27-42-24-14-15-25-43(42)28-41;1-2/h2-14,16-24,26-28,44-51H,15,25,29-36H2,1H3;1-2H3. The van der Waals surface area contributed by atoms with Gasteiger partial charge in [0.05, 0.1) is 52.9 Å². The molecule has 0 amide bonds. The fourth-order valence-corrected chi connectivity index (χ4v) is 7.40. The number of aliphatic hydroxyl groups excluding tert-OH is 1. The quantitative estimate of drug-likeness (QED) is 0.0692. The summed E-state index contributed by atoms with van der Waals surface area (Å²) >= 11 is 0. The second kappa shape index (κ2) is 25.4. The summed E-state index contributed by atoms with van der Waals surface area (Å²) in [6.45, 7) is 6.19. The van der Waals surface area contributed by atoms with Crippen molar-refractivity contribution >= 4 is 6.08 Å². The molecule has 5 aromatic carbocycles. The maximum Gasteiger partial charge on any atom is 0.187 e. The number of fused-ring (bicyclic) bond motifs is 1. The second-order valence-corrected chi connectivity index (χ2v) is 15.0. The molecule has 61 heavy (non-hydrogen) atoms. The molecule has 0 aromatic heterocycles. The SMILES string of the molecule is CC.COC1C(OCC(OCc2ccccc2)C(OCc2ccccc2)C(COCc2ccc3c(c2)CCC=C3)OCc2ccccc2)OC(COCc2ccccc2)C1O. The van der Waals surface area contributed by atoms with E-state index in [-0.39, 0.29) is 19.8 Å². The summed E-state index contributed by atoms with van der Waals surface area (Å²) in [5.41, 5.74) is 7.76. The topological polar surface area (TPSA) is 94.1 Å². The molecule has 1 N–H and O–H groups in total. The molecule has 0 radical (unpaired) electrons. The molecule has 7 unspecified atom stereocenters. The molecule has 0 spiro atoms. The number of allylic oxidation sites excluding steroid dienone is 1. The summed E-state index contributed by atoms with van der Waals surface area (Å²) in [7, 11) is 1.54. The van der Waals surface area contributed by atoms with Gasteiger partial charge in [-0.05, 0) is 51.8 Å². The maximum absolute atomic E-state index is 11.3. The van der Waals surface area contributed by atoms with Crippen molar-refractivity contribution in [2.75, 3.05) is 26.9 Å². The molecule has 7 rings (SSSR count). The molecule has 0 bridgehead atoms. The molecular formula is C52H62O9. The fraction of sp³-hybridized carbons (Fsp3) is 0.385. The summed E-state index contributed by atoms with van der Waals surface area (Å²) in [6, 6.07) is 46.5. The third-order valence-corrected chi connectivity index (χ3v) is 10.7. The molecule has 7 atom stereocenters. The van der Waals surface area contributed by atoms with Crippen LogP contribution in [-0.2, 0) is 77.4 Å². The summed E-state index contributed by atoms with van der Waals surface area (Å²) in [4.78, 5) is 0. The van der Waals surface area contributed by atoms with E-state index in [1.54, 1.807) is 7.11 Å². The third kappa shape index (κ3) is 14.3. The van der Waals surface area contributed by atoms with Crippen LogP contribution in [0, 0.1) is 0 Å². The molecule has 0 saturated carbocycles. The van der Waals surface area contributed by atoms with Crippen LogP contribution in [0.1, 0.15) is 59.2 Å². The van der Waals surface area contributed by atoms with Crippen molar-refractivity contribution in [2.24, 2.45) is 0 Å². The average Bonchev–Trinajstić information content (AvgIpc) is 3.63. The Morgan fingerprint density at radius 3 is 1.70 bits per heavy atom. The molecule has 5 aromatic rings. The first-order chi connectivity index (χ1) is 30.1. The van der Waals surface area contributed by atoms with Gasteiger partial charge < -0.3 is 43.0 Å². The van der Waals surface area contributed by atoms with Crippen molar-refractivity contribution in [3.05, 3.63) is 185 Å². The summed E-state index contributed by atoms with van der Waals surface area (Å²) in [6.07, 6.45) is 1.31. The number of aryl methyl sites for hydroxylation is 1. The molecule has 1 aliphatic carbocycles. The molecule has 1 saturated heterocycles. The van der Waals surface area contributed by atoms with Crippen LogP contribution in [0.3, 0.4) is 0 Å². The van der Waals surface area contributed by atoms with E-state index in [1.807, 2.05) is 135 Å². The van der Waals surface area contributed by atoms with Gasteiger partial charge in [-0.3, -0.25) is 0 Å². The van der Waals surface area contributed by atoms with E-state index in [0.29, 0.717) is 33.0 Å². The molecule has 1 aliphatic heterocycles. The highest BCUT2D eigenvalue weighted by Gasteiger charge is 2.46. The molecule has 1 fully saturated rings. The van der Waals surface area contributed by atoms with Gasteiger partial charge in [0.25, 0.3) is 0 Å². The van der Waals surface area contributed by atoms with Gasteiger partial charge in [0, 0.05) is 7.11 Å². The monoisotopic (exact) mass is 830 g/mol. The van der Waals surface area contributed by atoms with Crippen molar-refractivity contribution in [3.63, 3.8) is 0 Å². The number of methoxy groups -OCH3 is 1. The van der Waals surface area contributed by atoms with Crippen LogP contribution in [-0.4, -0.2) is 75.0 Å². The van der Waals surface area contributed by atoms with Crippen molar-refractivity contribution in [3.8, 4) is 0 Å². The second-order valence-electron chi connectivity index (χ2n) is 15.0. The van der Waals surface area contributed by atoms with Crippen molar-refractivity contribution in [2.45, 2.75) is 103 Å². The minimum absolute atomic E-state index is 0.0463. The third-order valence-electron chi connectivity index (χ3n) is 10.7. The Kier molecular flexibility index (Phi) is 19.2. The van der Waals surface area contributed by atoms with Crippen LogP contribution in [0.5, 0.6) is 0 Å². The van der Waals surface area contributed by atoms with Gasteiger partial charge in [-0.25, -0.2) is 0 Å². The Bertz CT molecular complexity index is 1960. The van der Waals surface area contributed by atoms with E-state index in [2.05, 4.69) is 30.4 Å². The van der Waals surface area contributed by atoms with Crippen LogP contribution in [0.15, 0.2) is 146 Å². The van der Waals surface area contributed by atoms with Gasteiger partial charge in [-0.15, -0.1) is 0 Å². The van der Waals surface area contributed by atoms with E-state index in [0.717, 1.165) is 40.7 Å². The van der Waals surface area contributed by atoms with Crippen molar-refractivity contribution in [1.29, 1.82) is 0 Å². The Balaban J connectivity index is 0.00000307. The zero-order valence-electron chi connectivity index (χ0n) is 35.8. The van der Waals surface area contributed by atoms with E-state index in [1.165, 1.54) is 11.1 Å². The van der Waals surface area contributed by atoms with Gasteiger partial charge in [0.15, 0.2) is 6.29 Å². The maximum atomic E-state index is 11.3. The van der Waals surface area contributed by atoms with Crippen LogP contribution >= 0.6 is 0 Å². The van der Waals surface area contributed by atoms with Crippen LogP contribution in [0.25, 0.3) is 6.08 Å². The fourth-order valence-electron chi connectivity index (χ4n) is 7.40. The minimum atomic E-state index is -0.968. The van der Waals surface area contributed by atoms with Crippen LogP contribution < -0.4 is 0 Å². The number of aliphatic hydroxyl groups is 1. The first-order valence-electron chi connectivity index (χ1n) is 21.5. The van der Waals surface area contributed by atoms with E-state index in [4.69, 9.17) is 37.9 Å². The van der Waals surface area contributed by atoms with Crippen LogP contribution in [0.4, 0.5) is 0 Å². The van der Waals surface area contributed by atoms with Crippen molar-refractivity contribution in [1.82, 2.24) is 0 Å². The lowest BCUT2D eigenvalue weighted by Gasteiger charge is -2.34. The summed E-state index contributed by atoms with van der Waals surface area (Å²) in [5, 5.41) is 11.3. The lowest BCUT2D eigenvalue weighted by atomic mass is 9.96. The first-order valence-corrected chi connectivity index (χ1v) is 21.5. The molecule has 324 valence electrons. The number of ether oxygens (including phenoxy) is 8. The molecule has 2 aliphatic rings. The zero-order chi connectivity index (χ0) is 42.5. The van der Waals surface area contributed by atoms with Gasteiger partial charge >= 0.3 is 0 Å². The molecular weight excluding hydrogens is 769 g/mol.